The average Bonchev–Trinajstić information content (AvgIpc) is 2.18. The van der Waals surface area contributed by atoms with Gasteiger partial charge in [0, 0.05) is 19.1 Å². The van der Waals surface area contributed by atoms with Crippen molar-refractivity contribution >= 4 is 10.1 Å². The summed E-state index contributed by atoms with van der Waals surface area (Å²) in [5.74, 6) is 0. The Bertz CT molecular complexity index is 276. The topological polar surface area (TPSA) is 121 Å². The van der Waals surface area contributed by atoms with Gasteiger partial charge in [0.05, 0.1) is 13.2 Å². The minimum Gasteiger partial charge on any atom is -0.746 e. The second kappa shape index (κ2) is 7.15. The van der Waals surface area contributed by atoms with E-state index in [0.29, 0.717) is 6.42 Å². The summed E-state index contributed by atoms with van der Waals surface area (Å²) in [6.45, 7) is 0.963. The SMILES string of the molecule is CCC(CO)N(CCO)CC(O)S(=O)(=O)[O-]. The third kappa shape index (κ3) is 5.19. The molecule has 2 unspecified atom stereocenters. The Balaban J connectivity index is 4.55. The third-order valence-corrected chi connectivity index (χ3v) is 3.13. The Morgan fingerprint density at radius 1 is 1.38 bits per heavy atom. The Morgan fingerprint density at radius 2 is 1.94 bits per heavy atom. The van der Waals surface area contributed by atoms with Crippen molar-refractivity contribution in [1.29, 1.82) is 0 Å². The minimum atomic E-state index is -4.77. The average molecular weight is 256 g/mol. The molecule has 0 aromatic heterocycles. The van der Waals surface area contributed by atoms with E-state index in [-0.39, 0.29) is 25.8 Å². The van der Waals surface area contributed by atoms with E-state index in [1.165, 1.54) is 4.90 Å². The summed E-state index contributed by atoms with van der Waals surface area (Å²) < 4.78 is 31.5. The molecule has 0 bridgehead atoms. The van der Waals surface area contributed by atoms with Crippen LogP contribution in [0.3, 0.4) is 0 Å². The lowest BCUT2D eigenvalue weighted by Crippen LogP contribution is -2.45. The smallest absolute Gasteiger partial charge is 0.156 e. The van der Waals surface area contributed by atoms with Gasteiger partial charge in [-0.05, 0) is 6.42 Å². The maximum absolute atomic E-state index is 10.5. The highest BCUT2D eigenvalue weighted by Crippen LogP contribution is 2.06. The van der Waals surface area contributed by atoms with Crippen molar-refractivity contribution in [3.63, 3.8) is 0 Å². The molecule has 0 heterocycles. The quantitative estimate of drug-likeness (QED) is 0.426. The van der Waals surface area contributed by atoms with Crippen LogP contribution in [0.2, 0.25) is 0 Å². The molecular formula is C8H18NO6S-. The molecule has 0 amide bonds. The first-order valence-corrected chi connectivity index (χ1v) is 6.42. The minimum absolute atomic E-state index is 0.0889. The van der Waals surface area contributed by atoms with Crippen LogP contribution in [-0.4, -0.2) is 71.0 Å². The molecule has 16 heavy (non-hydrogen) atoms. The molecule has 0 saturated heterocycles. The Hall–Kier alpha value is -0.250. The van der Waals surface area contributed by atoms with Crippen molar-refractivity contribution < 1.29 is 28.3 Å². The van der Waals surface area contributed by atoms with Crippen LogP contribution in [0.5, 0.6) is 0 Å². The van der Waals surface area contributed by atoms with Crippen molar-refractivity contribution in [3.8, 4) is 0 Å². The lowest BCUT2D eigenvalue weighted by molar-refractivity contribution is 0.0697. The molecule has 0 radical (unpaired) electrons. The van der Waals surface area contributed by atoms with Gasteiger partial charge in [-0.25, -0.2) is 8.42 Å². The summed E-state index contributed by atoms with van der Waals surface area (Å²) in [5.41, 5.74) is -2.04. The van der Waals surface area contributed by atoms with Gasteiger partial charge in [-0.3, -0.25) is 4.90 Å². The van der Waals surface area contributed by atoms with E-state index < -0.39 is 22.1 Å². The molecule has 0 aromatic carbocycles. The summed E-state index contributed by atoms with van der Waals surface area (Å²) in [7, 11) is -4.77. The Kier molecular flexibility index (Phi) is 7.04. The lowest BCUT2D eigenvalue weighted by Gasteiger charge is -2.31. The van der Waals surface area contributed by atoms with Crippen LogP contribution in [0, 0.1) is 0 Å². The molecule has 0 aromatic rings. The van der Waals surface area contributed by atoms with E-state index in [9.17, 15) is 13.0 Å². The van der Waals surface area contributed by atoms with Gasteiger partial charge in [-0.2, -0.15) is 0 Å². The predicted molar refractivity (Wildman–Crippen MR) is 55.5 cm³/mol. The van der Waals surface area contributed by atoms with Gasteiger partial charge in [0.1, 0.15) is 10.1 Å². The standard InChI is InChI=1S/C8H19NO6S/c1-2-7(6-11)9(3-4-10)5-8(12)16(13,14)15/h7-8,10-12H,2-6H2,1H3,(H,13,14,15)/p-1. The van der Waals surface area contributed by atoms with Crippen LogP contribution in [0.15, 0.2) is 0 Å². The summed E-state index contributed by atoms with van der Waals surface area (Å²) >= 11 is 0. The van der Waals surface area contributed by atoms with Crippen LogP contribution >= 0.6 is 0 Å². The second-order valence-corrected chi connectivity index (χ2v) is 4.94. The number of hydrogen-bond donors (Lipinski definition) is 3. The molecule has 7 nitrogen and oxygen atoms in total. The summed E-state index contributed by atoms with van der Waals surface area (Å²) in [6, 6.07) is -0.386. The Labute approximate surface area is 95.1 Å². The summed E-state index contributed by atoms with van der Waals surface area (Å²) in [5, 5.41) is 26.9. The van der Waals surface area contributed by atoms with E-state index in [4.69, 9.17) is 15.3 Å². The van der Waals surface area contributed by atoms with Gasteiger partial charge in [-0.15, -0.1) is 0 Å². The number of aliphatic hydroxyl groups excluding tert-OH is 3. The molecule has 2 atom stereocenters. The monoisotopic (exact) mass is 256 g/mol. The number of aliphatic hydroxyl groups is 3. The maximum atomic E-state index is 10.5. The highest BCUT2D eigenvalue weighted by Gasteiger charge is 2.21. The predicted octanol–water partition coefficient (Wildman–Crippen LogP) is -2.08. The van der Waals surface area contributed by atoms with Gasteiger partial charge in [0.15, 0.2) is 5.44 Å². The van der Waals surface area contributed by atoms with Crippen molar-refractivity contribution in [2.24, 2.45) is 0 Å². The fraction of sp³-hybridized carbons (Fsp3) is 1.00. The largest absolute Gasteiger partial charge is 0.746 e. The lowest BCUT2D eigenvalue weighted by atomic mass is 10.2. The molecule has 0 aliphatic heterocycles. The van der Waals surface area contributed by atoms with Gasteiger partial charge in [0.2, 0.25) is 0 Å². The maximum Gasteiger partial charge on any atom is 0.156 e. The molecule has 8 heteroatoms. The van der Waals surface area contributed by atoms with Crippen molar-refractivity contribution in [3.05, 3.63) is 0 Å². The summed E-state index contributed by atoms with van der Waals surface area (Å²) in [6.07, 6.45) is 0.516. The van der Waals surface area contributed by atoms with Gasteiger partial charge in [0.25, 0.3) is 0 Å². The Morgan fingerprint density at radius 3 is 2.25 bits per heavy atom. The third-order valence-electron chi connectivity index (χ3n) is 2.31. The first-order valence-electron chi connectivity index (χ1n) is 4.95. The van der Waals surface area contributed by atoms with Crippen molar-refractivity contribution in [2.75, 3.05) is 26.3 Å². The first-order chi connectivity index (χ1) is 7.36. The fourth-order valence-electron chi connectivity index (χ4n) is 1.35. The van der Waals surface area contributed by atoms with Crippen molar-refractivity contribution in [1.82, 2.24) is 4.90 Å². The zero-order chi connectivity index (χ0) is 12.8. The number of rotatable bonds is 8. The van der Waals surface area contributed by atoms with Gasteiger partial charge >= 0.3 is 0 Å². The molecule has 3 N–H and O–H groups in total. The van der Waals surface area contributed by atoms with E-state index in [1.54, 1.807) is 6.92 Å². The highest BCUT2D eigenvalue weighted by atomic mass is 32.2. The van der Waals surface area contributed by atoms with Crippen LogP contribution in [0.25, 0.3) is 0 Å². The molecule has 0 aliphatic carbocycles. The molecule has 0 spiro atoms. The molecule has 0 fully saturated rings. The molecule has 0 saturated carbocycles. The number of nitrogens with zero attached hydrogens (tertiary/aromatic N) is 1. The fourth-order valence-corrected chi connectivity index (χ4v) is 1.72. The van der Waals surface area contributed by atoms with Crippen molar-refractivity contribution in [2.45, 2.75) is 24.8 Å². The van der Waals surface area contributed by atoms with Crippen LogP contribution in [0.1, 0.15) is 13.3 Å². The first kappa shape index (κ1) is 15.8. The molecule has 0 rings (SSSR count). The van der Waals surface area contributed by atoms with Crippen LogP contribution < -0.4 is 0 Å². The highest BCUT2D eigenvalue weighted by molar-refractivity contribution is 7.86. The van der Waals surface area contributed by atoms with Gasteiger partial charge in [-0.1, -0.05) is 6.92 Å². The van der Waals surface area contributed by atoms with Gasteiger partial charge < -0.3 is 19.9 Å². The second-order valence-electron chi connectivity index (χ2n) is 3.41. The zero-order valence-electron chi connectivity index (χ0n) is 9.11. The van der Waals surface area contributed by atoms with Crippen LogP contribution in [0.4, 0.5) is 0 Å². The van der Waals surface area contributed by atoms with E-state index in [2.05, 4.69) is 0 Å². The van der Waals surface area contributed by atoms with E-state index >= 15 is 0 Å². The normalized spacial score (nSPS) is 16.4. The molecule has 98 valence electrons. The number of hydrogen-bond acceptors (Lipinski definition) is 7. The van der Waals surface area contributed by atoms with Crippen LogP contribution in [-0.2, 0) is 10.1 Å². The summed E-state index contributed by atoms with van der Waals surface area (Å²) in [4.78, 5) is 1.38. The molecule has 0 aliphatic rings. The van der Waals surface area contributed by atoms with E-state index in [0.717, 1.165) is 0 Å². The zero-order valence-corrected chi connectivity index (χ0v) is 9.93. The molecular weight excluding hydrogens is 238 g/mol. The van der Waals surface area contributed by atoms with E-state index in [1.807, 2.05) is 0 Å².